The van der Waals surface area contributed by atoms with Gasteiger partial charge in [0, 0.05) is 34.6 Å². The van der Waals surface area contributed by atoms with Crippen LogP contribution >= 0.6 is 0 Å². The summed E-state index contributed by atoms with van der Waals surface area (Å²) in [7, 11) is 0. The summed E-state index contributed by atoms with van der Waals surface area (Å²) >= 11 is 0. The molecule has 0 radical (unpaired) electrons. The van der Waals surface area contributed by atoms with Crippen LogP contribution in [0.15, 0.2) is 0 Å². The Kier molecular flexibility index (Phi) is 7.70. The minimum absolute atomic E-state index is 0.839. The number of rotatable bonds is 5. The summed E-state index contributed by atoms with van der Waals surface area (Å²) in [5.41, 5.74) is 0. The van der Waals surface area contributed by atoms with E-state index in [1.165, 1.54) is 0 Å². The maximum absolute atomic E-state index is 11.5. The first-order chi connectivity index (χ1) is 12.4. The molecule has 0 aromatic heterocycles. The number of carbonyl (C=O) groups is 5. The summed E-state index contributed by atoms with van der Waals surface area (Å²) in [4.78, 5) is 57.4. The molecule has 27 heavy (non-hydrogen) atoms. The van der Waals surface area contributed by atoms with Crippen LogP contribution in [0.4, 0.5) is 0 Å². The molecular formula is C16H22O11. The van der Waals surface area contributed by atoms with E-state index in [-0.39, 0.29) is 0 Å². The highest BCUT2D eigenvalue weighted by Gasteiger charge is 2.58. The van der Waals surface area contributed by atoms with E-state index in [0.717, 1.165) is 34.6 Å². The lowest BCUT2D eigenvalue weighted by Gasteiger charge is -2.45. The molecule has 1 aliphatic carbocycles. The molecule has 0 amide bonds. The normalized spacial score (nSPS) is 29.9. The highest BCUT2D eigenvalue weighted by atomic mass is 16.7. The van der Waals surface area contributed by atoms with Gasteiger partial charge >= 0.3 is 29.8 Å². The van der Waals surface area contributed by atoms with Crippen molar-refractivity contribution in [3.05, 3.63) is 0 Å². The molecule has 11 nitrogen and oxygen atoms in total. The number of esters is 5. The van der Waals surface area contributed by atoms with Crippen molar-refractivity contribution in [1.82, 2.24) is 0 Å². The Labute approximate surface area is 154 Å². The second-order valence-electron chi connectivity index (χ2n) is 5.86. The predicted molar refractivity (Wildman–Crippen MR) is 83.8 cm³/mol. The molecule has 1 rings (SSSR count). The van der Waals surface area contributed by atoms with Gasteiger partial charge in [-0.25, -0.2) is 0 Å². The van der Waals surface area contributed by atoms with E-state index in [0.29, 0.717) is 0 Å². The number of aliphatic hydroxyl groups excluding tert-OH is 1. The van der Waals surface area contributed by atoms with Gasteiger partial charge in [0.1, 0.15) is 6.10 Å². The molecule has 0 spiro atoms. The van der Waals surface area contributed by atoms with Crippen molar-refractivity contribution in [2.75, 3.05) is 0 Å². The Morgan fingerprint density at radius 3 is 0.889 bits per heavy atom. The number of hydrogen-bond donors (Lipinski definition) is 1. The second-order valence-corrected chi connectivity index (χ2v) is 5.86. The number of ether oxygens (including phenoxy) is 5. The van der Waals surface area contributed by atoms with Crippen LogP contribution in [0.5, 0.6) is 0 Å². The maximum atomic E-state index is 11.5. The predicted octanol–water partition coefficient (Wildman–Crippen LogP) is -0.981. The van der Waals surface area contributed by atoms with Crippen LogP contribution in [-0.2, 0) is 47.7 Å². The van der Waals surface area contributed by atoms with Crippen molar-refractivity contribution in [2.24, 2.45) is 0 Å². The molecule has 1 aliphatic rings. The molecule has 0 aromatic carbocycles. The van der Waals surface area contributed by atoms with Gasteiger partial charge in [-0.05, 0) is 0 Å². The van der Waals surface area contributed by atoms with Crippen LogP contribution in [0.3, 0.4) is 0 Å². The monoisotopic (exact) mass is 390 g/mol. The van der Waals surface area contributed by atoms with Crippen LogP contribution in [0.25, 0.3) is 0 Å². The number of hydrogen-bond acceptors (Lipinski definition) is 11. The molecule has 1 fully saturated rings. The number of carbonyl (C=O) groups excluding carboxylic acids is 5. The van der Waals surface area contributed by atoms with Crippen LogP contribution in [-0.4, -0.2) is 71.6 Å². The zero-order valence-corrected chi connectivity index (χ0v) is 15.5. The first-order valence-electron chi connectivity index (χ1n) is 7.98. The molecule has 0 aliphatic heterocycles. The van der Waals surface area contributed by atoms with E-state index in [9.17, 15) is 29.1 Å². The fourth-order valence-electron chi connectivity index (χ4n) is 2.77. The fourth-order valence-corrected chi connectivity index (χ4v) is 2.77. The van der Waals surface area contributed by atoms with Gasteiger partial charge < -0.3 is 28.8 Å². The molecule has 152 valence electrons. The van der Waals surface area contributed by atoms with Crippen LogP contribution < -0.4 is 0 Å². The Balaban J connectivity index is 3.46. The number of aliphatic hydroxyl groups is 1. The van der Waals surface area contributed by atoms with Crippen molar-refractivity contribution < 1.29 is 52.8 Å². The summed E-state index contributed by atoms with van der Waals surface area (Å²) in [6.07, 6.45) is -9.37. The first kappa shape index (κ1) is 22.4. The average molecular weight is 390 g/mol. The molecule has 0 heterocycles. The Hall–Kier alpha value is -2.69. The Morgan fingerprint density at radius 2 is 0.667 bits per heavy atom. The van der Waals surface area contributed by atoms with E-state index in [1.807, 2.05) is 0 Å². The molecular weight excluding hydrogens is 368 g/mol. The lowest BCUT2D eigenvalue weighted by molar-refractivity contribution is -0.255. The molecule has 4 unspecified atom stereocenters. The zero-order valence-electron chi connectivity index (χ0n) is 15.5. The van der Waals surface area contributed by atoms with Gasteiger partial charge in [-0.1, -0.05) is 0 Å². The van der Waals surface area contributed by atoms with Crippen molar-refractivity contribution >= 4 is 29.8 Å². The quantitative estimate of drug-likeness (QED) is 0.455. The molecule has 1 N–H and O–H groups in total. The van der Waals surface area contributed by atoms with Gasteiger partial charge in [0.05, 0.1) is 0 Å². The third-order valence-electron chi connectivity index (χ3n) is 3.48. The topological polar surface area (TPSA) is 152 Å². The van der Waals surface area contributed by atoms with Gasteiger partial charge in [0.25, 0.3) is 0 Å². The van der Waals surface area contributed by atoms with Crippen LogP contribution in [0.1, 0.15) is 34.6 Å². The molecule has 0 saturated heterocycles. The van der Waals surface area contributed by atoms with Crippen LogP contribution in [0.2, 0.25) is 0 Å². The Morgan fingerprint density at radius 1 is 0.481 bits per heavy atom. The SMILES string of the molecule is CC(=O)OC1C(O)C(OC(C)=O)C(OC(C)=O)C(OC(C)=O)C1OC(C)=O. The van der Waals surface area contributed by atoms with E-state index in [4.69, 9.17) is 23.7 Å². The lowest BCUT2D eigenvalue weighted by atomic mass is 9.84. The van der Waals surface area contributed by atoms with E-state index in [1.54, 1.807) is 0 Å². The summed E-state index contributed by atoms with van der Waals surface area (Å²) < 4.78 is 25.2. The summed E-state index contributed by atoms with van der Waals surface area (Å²) in [5.74, 6) is -4.20. The second kappa shape index (κ2) is 9.31. The molecule has 1 saturated carbocycles. The van der Waals surface area contributed by atoms with E-state index < -0.39 is 66.5 Å². The standard InChI is InChI=1S/C16H22O11/c1-6(17)23-12-11(22)13(24-7(2)18)15(26-9(4)20)16(27-10(5)21)14(12)25-8(3)19/h11-16,22H,1-5H3. The summed E-state index contributed by atoms with van der Waals surface area (Å²) in [6, 6.07) is 0. The summed E-state index contributed by atoms with van der Waals surface area (Å²) in [6.45, 7) is 5.21. The molecule has 11 heteroatoms. The van der Waals surface area contributed by atoms with Crippen LogP contribution in [0, 0.1) is 0 Å². The van der Waals surface area contributed by atoms with Crippen molar-refractivity contribution in [3.63, 3.8) is 0 Å². The van der Waals surface area contributed by atoms with Gasteiger partial charge in [-0.3, -0.25) is 24.0 Å². The fraction of sp³-hybridized carbons (Fsp3) is 0.688. The van der Waals surface area contributed by atoms with Crippen molar-refractivity contribution in [2.45, 2.75) is 71.2 Å². The van der Waals surface area contributed by atoms with E-state index in [2.05, 4.69) is 0 Å². The smallest absolute Gasteiger partial charge is 0.303 e. The van der Waals surface area contributed by atoms with Crippen molar-refractivity contribution in [3.8, 4) is 0 Å². The third-order valence-corrected chi connectivity index (χ3v) is 3.48. The summed E-state index contributed by atoms with van der Waals surface area (Å²) in [5, 5.41) is 10.6. The van der Waals surface area contributed by atoms with Gasteiger partial charge in [0.15, 0.2) is 30.5 Å². The molecule has 4 atom stereocenters. The first-order valence-corrected chi connectivity index (χ1v) is 7.98. The average Bonchev–Trinajstić information content (AvgIpc) is 2.49. The minimum atomic E-state index is -1.74. The third kappa shape index (κ3) is 6.20. The molecule has 0 bridgehead atoms. The van der Waals surface area contributed by atoms with Crippen molar-refractivity contribution in [1.29, 1.82) is 0 Å². The highest BCUT2D eigenvalue weighted by molar-refractivity contribution is 5.70. The largest absolute Gasteiger partial charge is 0.455 e. The minimum Gasteiger partial charge on any atom is -0.455 e. The van der Waals surface area contributed by atoms with Gasteiger partial charge in [-0.15, -0.1) is 0 Å². The lowest BCUT2D eigenvalue weighted by Crippen LogP contribution is -2.68. The Bertz CT molecular complexity index is 569. The highest BCUT2D eigenvalue weighted by Crippen LogP contribution is 2.32. The van der Waals surface area contributed by atoms with E-state index >= 15 is 0 Å². The maximum Gasteiger partial charge on any atom is 0.303 e. The molecule has 0 aromatic rings. The van der Waals surface area contributed by atoms with Gasteiger partial charge in [-0.2, -0.15) is 0 Å². The zero-order chi connectivity index (χ0) is 20.9. The van der Waals surface area contributed by atoms with Gasteiger partial charge in [0.2, 0.25) is 0 Å².